The van der Waals surface area contributed by atoms with Gasteiger partial charge in [-0.05, 0) is 30.9 Å². The first-order valence-corrected chi connectivity index (χ1v) is 9.18. The summed E-state index contributed by atoms with van der Waals surface area (Å²) in [7, 11) is 0. The summed E-state index contributed by atoms with van der Waals surface area (Å²) in [4.78, 5) is 16.0. The third kappa shape index (κ3) is 3.63. The Labute approximate surface area is 132 Å². The fourth-order valence-electron chi connectivity index (χ4n) is 3.51. The topological polar surface area (TPSA) is 20.3 Å². The Bertz CT molecular complexity index is 496. The van der Waals surface area contributed by atoms with Gasteiger partial charge in [-0.15, -0.1) is 11.8 Å². The number of thioether (sulfide) groups is 1. The first kappa shape index (κ1) is 15.0. The highest BCUT2D eigenvalue weighted by Crippen LogP contribution is 2.38. The zero-order chi connectivity index (χ0) is 14.7. The Morgan fingerprint density at radius 3 is 2.81 bits per heavy atom. The Balaban J connectivity index is 1.69. The molecule has 114 valence electrons. The Morgan fingerprint density at radius 1 is 1.24 bits per heavy atom. The molecule has 3 heteroatoms. The van der Waals surface area contributed by atoms with E-state index in [0.29, 0.717) is 11.2 Å². The van der Waals surface area contributed by atoms with Gasteiger partial charge in [0.25, 0.3) is 0 Å². The van der Waals surface area contributed by atoms with Gasteiger partial charge in [0.05, 0.1) is 5.69 Å². The molecular formula is C18H25NOS. The predicted molar refractivity (Wildman–Crippen MR) is 89.9 cm³/mol. The molecule has 1 amide bonds. The Kier molecular flexibility index (Phi) is 4.89. The lowest BCUT2D eigenvalue weighted by Gasteiger charge is -2.23. The highest BCUT2D eigenvalue weighted by atomic mass is 32.2. The van der Waals surface area contributed by atoms with Crippen molar-refractivity contribution < 1.29 is 4.79 Å². The van der Waals surface area contributed by atoms with Crippen LogP contribution in [0.4, 0.5) is 5.69 Å². The molecule has 1 aliphatic heterocycles. The maximum Gasteiger partial charge on any atom is 0.227 e. The van der Waals surface area contributed by atoms with E-state index < -0.39 is 0 Å². The molecule has 3 rings (SSSR count). The highest BCUT2D eigenvalue weighted by Gasteiger charge is 2.25. The molecule has 0 radical (unpaired) electrons. The number of rotatable bonds is 3. The van der Waals surface area contributed by atoms with Crippen molar-refractivity contribution in [3.05, 3.63) is 24.3 Å². The molecule has 1 saturated carbocycles. The van der Waals surface area contributed by atoms with Gasteiger partial charge in [0.15, 0.2) is 0 Å². The standard InChI is InChI=1S/C18H25NOS/c1-14-12-13-19(16-8-4-5-9-17(16)21-14)18(20)11-10-15-6-2-3-7-15/h4-5,8-9,14-15H,2-3,6-7,10-13H2,1H3. The van der Waals surface area contributed by atoms with Gasteiger partial charge >= 0.3 is 0 Å². The summed E-state index contributed by atoms with van der Waals surface area (Å²) in [5.74, 6) is 1.12. The summed E-state index contributed by atoms with van der Waals surface area (Å²) in [6, 6.07) is 8.38. The van der Waals surface area contributed by atoms with Crippen molar-refractivity contribution in [2.24, 2.45) is 5.92 Å². The molecule has 1 fully saturated rings. The van der Waals surface area contributed by atoms with Crippen LogP contribution in [0, 0.1) is 5.92 Å². The summed E-state index contributed by atoms with van der Waals surface area (Å²) >= 11 is 1.90. The van der Waals surface area contributed by atoms with Gasteiger partial charge in [-0.1, -0.05) is 44.7 Å². The third-order valence-electron chi connectivity index (χ3n) is 4.79. The number of para-hydroxylation sites is 1. The minimum absolute atomic E-state index is 0.323. The molecule has 1 unspecified atom stereocenters. The minimum atomic E-state index is 0.323. The van der Waals surface area contributed by atoms with E-state index in [9.17, 15) is 4.79 Å². The van der Waals surface area contributed by atoms with E-state index in [1.807, 2.05) is 22.7 Å². The molecule has 0 N–H and O–H groups in total. The monoisotopic (exact) mass is 303 g/mol. The molecule has 2 aliphatic rings. The maximum absolute atomic E-state index is 12.7. The van der Waals surface area contributed by atoms with E-state index in [-0.39, 0.29) is 0 Å². The lowest BCUT2D eigenvalue weighted by Crippen LogP contribution is -2.32. The maximum atomic E-state index is 12.7. The number of carbonyl (C=O) groups excluding carboxylic acids is 1. The molecule has 1 aromatic carbocycles. The molecule has 1 atom stereocenters. The van der Waals surface area contributed by atoms with E-state index >= 15 is 0 Å². The van der Waals surface area contributed by atoms with Crippen molar-refractivity contribution in [2.45, 2.75) is 62.0 Å². The number of benzene rings is 1. The van der Waals surface area contributed by atoms with Crippen LogP contribution < -0.4 is 4.90 Å². The van der Waals surface area contributed by atoms with Crippen LogP contribution in [0.25, 0.3) is 0 Å². The van der Waals surface area contributed by atoms with Crippen LogP contribution in [0.5, 0.6) is 0 Å². The van der Waals surface area contributed by atoms with Crippen molar-refractivity contribution in [1.82, 2.24) is 0 Å². The number of nitrogens with zero attached hydrogens (tertiary/aromatic N) is 1. The molecule has 0 saturated heterocycles. The van der Waals surface area contributed by atoms with Crippen LogP contribution in [0.15, 0.2) is 29.2 Å². The molecule has 0 bridgehead atoms. The average molecular weight is 303 g/mol. The van der Waals surface area contributed by atoms with Gasteiger partial charge in [-0.25, -0.2) is 0 Å². The number of fused-ring (bicyclic) bond motifs is 1. The van der Waals surface area contributed by atoms with E-state index in [2.05, 4.69) is 25.1 Å². The van der Waals surface area contributed by atoms with Crippen LogP contribution in [0.1, 0.15) is 51.9 Å². The second-order valence-corrected chi connectivity index (χ2v) is 7.90. The van der Waals surface area contributed by atoms with Crippen LogP contribution >= 0.6 is 11.8 Å². The second kappa shape index (κ2) is 6.87. The lowest BCUT2D eigenvalue weighted by molar-refractivity contribution is -0.118. The molecule has 1 aromatic rings. The van der Waals surface area contributed by atoms with E-state index in [1.165, 1.54) is 30.6 Å². The second-order valence-electron chi connectivity index (χ2n) is 6.42. The number of anilines is 1. The van der Waals surface area contributed by atoms with Crippen LogP contribution in [-0.2, 0) is 4.79 Å². The molecule has 0 spiro atoms. The van der Waals surface area contributed by atoms with Crippen molar-refractivity contribution in [3.63, 3.8) is 0 Å². The Hall–Kier alpha value is -0.960. The summed E-state index contributed by atoms with van der Waals surface area (Å²) in [6.45, 7) is 3.13. The van der Waals surface area contributed by atoms with Gasteiger partial charge in [-0.2, -0.15) is 0 Å². The van der Waals surface area contributed by atoms with E-state index in [1.54, 1.807) is 0 Å². The lowest BCUT2D eigenvalue weighted by atomic mass is 10.0. The first-order chi connectivity index (χ1) is 10.2. The van der Waals surface area contributed by atoms with Gasteiger partial charge in [0, 0.05) is 23.1 Å². The third-order valence-corrected chi connectivity index (χ3v) is 6.02. The molecular weight excluding hydrogens is 278 g/mol. The quantitative estimate of drug-likeness (QED) is 0.793. The zero-order valence-electron chi connectivity index (χ0n) is 12.9. The number of amides is 1. The normalized spacial score (nSPS) is 22.9. The summed E-state index contributed by atoms with van der Waals surface area (Å²) in [6.07, 6.45) is 8.26. The zero-order valence-corrected chi connectivity index (χ0v) is 13.7. The van der Waals surface area contributed by atoms with Gasteiger partial charge in [0.1, 0.15) is 0 Å². The van der Waals surface area contributed by atoms with Crippen LogP contribution in [0.3, 0.4) is 0 Å². The highest BCUT2D eigenvalue weighted by molar-refractivity contribution is 8.00. The summed E-state index contributed by atoms with van der Waals surface area (Å²) < 4.78 is 0. The molecule has 2 nitrogen and oxygen atoms in total. The molecule has 1 heterocycles. The van der Waals surface area contributed by atoms with Crippen LogP contribution in [-0.4, -0.2) is 17.7 Å². The van der Waals surface area contributed by atoms with Crippen molar-refractivity contribution in [2.75, 3.05) is 11.4 Å². The molecule has 1 aliphatic carbocycles. The van der Waals surface area contributed by atoms with E-state index in [4.69, 9.17) is 0 Å². The van der Waals surface area contributed by atoms with Gasteiger partial charge < -0.3 is 4.90 Å². The fraction of sp³-hybridized carbons (Fsp3) is 0.611. The van der Waals surface area contributed by atoms with Crippen molar-refractivity contribution >= 4 is 23.4 Å². The number of hydrogen-bond donors (Lipinski definition) is 0. The number of hydrogen-bond acceptors (Lipinski definition) is 2. The number of carbonyl (C=O) groups is 1. The fourth-order valence-corrected chi connectivity index (χ4v) is 4.62. The van der Waals surface area contributed by atoms with Crippen LogP contribution in [0.2, 0.25) is 0 Å². The predicted octanol–water partition coefficient (Wildman–Crippen LogP) is 4.87. The summed E-state index contributed by atoms with van der Waals surface area (Å²) in [5, 5.41) is 0.582. The van der Waals surface area contributed by atoms with Gasteiger partial charge in [-0.3, -0.25) is 4.79 Å². The van der Waals surface area contributed by atoms with Crippen molar-refractivity contribution in [3.8, 4) is 0 Å². The summed E-state index contributed by atoms with van der Waals surface area (Å²) in [5.41, 5.74) is 1.13. The first-order valence-electron chi connectivity index (χ1n) is 8.30. The van der Waals surface area contributed by atoms with Crippen molar-refractivity contribution in [1.29, 1.82) is 0 Å². The molecule has 21 heavy (non-hydrogen) atoms. The molecule has 0 aromatic heterocycles. The SMILES string of the molecule is CC1CCN(C(=O)CCC2CCCC2)c2ccccc2S1. The largest absolute Gasteiger partial charge is 0.311 e. The Morgan fingerprint density at radius 2 is 2.00 bits per heavy atom. The average Bonchev–Trinajstić information content (AvgIpc) is 2.94. The minimum Gasteiger partial charge on any atom is -0.311 e. The van der Waals surface area contributed by atoms with Gasteiger partial charge in [0.2, 0.25) is 5.91 Å². The smallest absolute Gasteiger partial charge is 0.227 e. The van der Waals surface area contributed by atoms with E-state index in [0.717, 1.165) is 37.4 Å².